The van der Waals surface area contributed by atoms with Gasteiger partial charge in [0.25, 0.3) is 0 Å². The number of Topliss-reactive ketones (excluding diaryl/α,β-unsaturated/α-hetero) is 3. The van der Waals surface area contributed by atoms with Crippen LogP contribution in [-0.2, 0) is 14.4 Å². The topological polar surface area (TPSA) is 71.4 Å². The van der Waals surface area contributed by atoms with Crippen molar-refractivity contribution in [3.05, 3.63) is 11.3 Å². The smallest absolute Gasteiger partial charge is 0.163 e. The van der Waals surface area contributed by atoms with E-state index in [0.29, 0.717) is 31.3 Å². The van der Waals surface area contributed by atoms with Gasteiger partial charge < -0.3 is 5.11 Å². The number of hydrogen-bond acceptors (Lipinski definition) is 4. The van der Waals surface area contributed by atoms with E-state index in [-0.39, 0.29) is 33.9 Å². The number of rotatable bonds is 2. The van der Waals surface area contributed by atoms with Crippen LogP contribution in [0.4, 0.5) is 0 Å². The molecule has 0 bridgehead atoms. The molecule has 0 spiro atoms. The Kier molecular flexibility index (Phi) is 4.09. The van der Waals surface area contributed by atoms with Gasteiger partial charge in [0.05, 0.1) is 11.7 Å². The monoisotopic (exact) mass is 306 g/mol. The SMILES string of the molecule is C[C@H](C1=C(O)CC(C)(C)CC1=O)C1C(=O)CC(C)(C)CC1=O. The van der Waals surface area contributed by atoms with Crippen LogP contribution in [0.2, 0.25) is 0 Å². The molecule has 2 rings (SSSR count). The van der Waals surface area contributed by atoms with Crippen molar-refractivity contribution in [2.24, 2.45) is 22.7 Å². The predicted octanol–water partition coefficient (Wildman–Crippen LogP) is 3.40. The summed E-state index contributed by atoms with van der Waals surface area (Å²) in [7, 11) is 0. The normalized spacial score (nSPS) is 27.2. The third kappa shape index (κ3) is 3.16. The highest BCUT2D eigenvalue weighted by Crippen LogP contribution is 2.43. The first kappa shape index (κ1) is 16.9. The maximum atomic E-state index is 12.4. The molecule has 0 aliphatic heterocycles. The second kappa shape index (κ2) is 5.32. The van der Waals surface area contributed by atoms with Gasteiger partial charge in [-0.2, -0.15) is 0 Å². The van der Waals surface area contributed by atoms with Crippen molar-refractivity contribution in [3.63, 3.8) is 0 Å². The highest BCUT2D eigenvalue weighted by atomic mass is 16.3. The van der Waals surface area contributed by atoms with E-state index in [9.17, 15) is 19.5 Å². The third-order valence-corrected chi connectivity index (χ3v) is 4.85. The van der Waals surface area contributed by atoms with Crippen LogP contribution in [0, 0.1) is 22.7 Å². The average molecular weight is 306 g/mol. The first-order chi connectivity index (χ1) is 9.93. The second-order valence-corrected chi connectivity index (χ2v) is 8.52. The van der Waals surface area contributed by atoms with Gasteiger partial charge in [-0.25, -0.2) is 0 Å². The van der Waals surface area contributed by atoms with Crippen LogP contribution in [0.3, 0.4) is 0 Å². The van der Waals surface area contributed by atoms with Gasteiger partial charge in [0.15, 0.2) is 5.78 Å². The minimum Gasteiger partial charge on any atom is -0.512 e. The maximum absolute atomic E-state index is 12.4. The molecule has 0 radical (unpaired) electrons. The Balaban J connectivity index is 2.32. The Morgan fingerprint density at radius 1 is 0.909 bits per heavy atom. The molecule has 0 saturated heterocycles. The lowest BCUT2D eigenvalue weighted by molar-refractivity contribution is -0.141. The maximum Gasteiger partial charge on any atom is 0.163 e. The van der Waals surface area contributed by atoms with Crippen molar-refractivity contribution >= 4 is 17.3 Å². The molecule has 2 aliphatic rings. The van der Waals surface area contributed by atoms with E-state index in [0.717, 1.165) is 0 Å². The quantitative estimate of drug-likeness (QED) is 0.794. The van der Waals surface area contributed by atoms with Gasteiger partial charge in [-0.05, 0) is 10.8 Å². The first-order valence-corrected chi connectivity index (χ1v) is 7.94. The molecule has 1 saturated carbocycles. The molecular weight excluding hydrogens is 280 g/mol. The number of aliphatic hydroxyl groups excluding tert-OH is 1. The Morgan fingerprint density at radius 2 is 1.36 bits per heavy atom. The van der Waals surface area contributed by atoms with Crippen LogP contribution < -0.4 is 0 Å². The molecule has 0 aromatic heterocycles. The minimum absolute atomic E-state index is 0.0548. The fraction of sp³-hybridized carbons (Fsp3) is 0.722. The van der Waals surface area contributed by atoms with Gasteiger partial charge in [0, 0.05) is 37.2 Å². The molecule has 1 fully saturated rings. The summed E-state index contributed by atoms with van der Waals surface area (Å²) in [6, 6.07) is 0. The van der Waals surface area contributed by atoms with Crippen LogP contribution in [0.5, 0.6) is 0 Å². The van der Waals surface area contributed by atoms with Crippen molar-refractivity contribution in [2.45, 2.75) is 60.3 Å². The molecule has 0 unspecified atom stereocenters. The fourth-order valence-electron chi connectivity index (χ4n) is 3.95. The molecule has 0 amide bonds. The van der Waals surface area contributed by atoms with E-state index >= 15 is 0 Å². The summed E-state index contributed by atoms with van der Waals surface area (Å²) in [6.07, 6.45) is 1.46. The van der Waals surface area contributed by atoms with Gasteiger partial charge >= 0.3 is 0 Å². The molecule has 1 N–H and O–H groups in total. The van der Waals surface area contributed by atoms with E-state index in [4.69, 9.17) is 0 Å². The first-order valence-electron chi connectivity index (χ1n) is 7.94. The largest absolute Gasteiger partial charge is 0.512 e. The van der Waals surface area contributed by atoms with E-state index in [2.05, 4.69) is 0 Å². The van der Waals surface area contributed by atoms with Gasteiger partial charge in [-0.3, -0.25) is 14.4 Å². The molecule has 1 atom stereocenters. The Morgan fingerprint density at radius 3 is 1.82 bits per heavy atom. The fourth-order valence-corrected chi connectivity index (χ4v) is 3.95. The molecule has 0 aromatic rings. The summed E-state index contributed by atoms with van der Waals surface area (Å²) in [5.41, 5.74) is -0.280. The van der Waals surface area contributed by atoms with Crippen LogP contribution in [0.15, 0.2) is 11.3 Å². The van der Waals surface area contributed by atoms with Gasteiger partial charge in [0.1, 0.15) is 11.6 Å². The van der Waals surface area contributed by atoms with E-state index in [1.807, 2.05) is 27.7 Å². The number of hydrogen-bond donors (Lipinski definition) is 1. The lowest BCUT2D eigenvalue weighted by atomic mass is 9.64. The zero-order chi connectivity index (χ0) is 16.9. The summed E-state index contributed by atoms with van der Waals surface area (Å²) in [5.74, 6) is -1.60. The van der Waals surface area contributed by atoms with E-state index in [1.54, 1.807) is 6.92 Å². The van der Waals surface area contributed by atoms with Crippen LogP contribution in [0.1, 0.15) is 60.3 Å². The Labute approximate surface area is 132 Å². The van der Waals surface area contributed by atoms with Gasteiger partial charge in [-0.1, -0.05) is 34.6 Å². The summed E-state index contributed by atoms with van der Waals surface area (Å²) in [4.78, 5) is 37.2. The predicted molar refractivity (Wildman–Crippen MR) is 83.4 cm³/mol. The standard InChI is InChI=1S/C18H26O4/c1-10(15-11(19)6-17(2,3)7-12(15)20)16-13(21)8-18(4,5)9-14(16)22/h10,15,21H,6-9H2,1-5H3/t10-/m0/s1. The van der Waals surface area contributed by atoms with Gasteiger partial charge in [0.2, 0.25) is 0 Å². The highest BCUT2D eigenvalue weighted by Gasteiger charge is 2.46. The lowest BCUT2D eigenvalue weighted by Crippen LogP contribution is -2.43. The van der Waals surface area contributed by atoms with E-state index < -0.39 is 11.8 Å². The molecule has 22 heavy (non-hydrogen) atoms. The van der Waals surface area contributed by atoms with Crippen LogP contribution >= 0.6 is 0 Å². The number of aliphatic hydroxyl groups is 1. The molecule has 2 aliphatic carbocycles. The minimum atomic E-state index is -0.782. The van der Waals surface area contributed by atoms with Crippen molar-refractivity contribution in [1.29, 1.82) is 0 Å². The van der Waals surface area contributed by atoms with Crippen molar-refractivity contribution < 1.29 is 19.5 Å². The summed E-state index contributed by atoms with van der Waals surface area (Å²) in [5, 5.41) is 10.3. The molecule has 0 heterocycles. The molecular formula is C18H26O4. The number of carbonyl (C=O) groups excluding carboxylic acids is 3. The molecule has 0 aromatic carbocycles. The van der Waals surface area contributed by atoms with Gasteiger partial charge in [-0.15, -0.1) is 0 Å². The average Bonchev–Trinajstić information content (AvgIpc) is 2.21. The summed E-state index contributed by atoms with van der Waals surface area (Å²) < 4.78 is 0. The third-order valence-electron chi connectivity index (χ3n) is 4.85. The molecule has 4 heteroatoms. The highest BCUT2D eigenvalue weighted by molar-refractivity contribution is 6.07. The van der Waals surface area contributed by atoms with Crippen LogP contribution in [0.25, 0.3) is 0 Å². The summed E-state index contributed by atoms with van der Waals surface area (Å²) >= 11 is 0. The van der Waals surface area contributed by atoms with Crippen LogP contribution in [-0.4, -0.2) is 22.5 Å². The van der Waals surface area contributed by atoms with Crippen molar-refractivity contribution in [3.8, 4) is 0 Å². The zero-order valence-corrected chi connectivity index (χ0v) is 14.2. The number of carbonyl (C=O) groups is 3. The summed E-state index contributed by atoms with van der Waals surface area (Å²) in [6.45, 7) is 9.41. The molecule has 122 valence electrons. The Bertz CT molecular complexity index is 546. The number of allylic oxidation sites excluding steroid dienone is 2. The second-order valence-electron chi connectivity index (χ2n) is 8.52. The van der Waals surface area contributed by atoms with Crippen molar-refractivity contribution in [2.75, 3.05) is 0 Å². The molecule has 4 nitrogen and oxygen atoms in total. The van der Waals surface area contributed by atoms with Crippen molar-refractivity contribution in [1.82, 2.24) is 0 Å². The van der Waals surface area contributed by atoms with E-state index in [1.165, 1.54) is 0 Å². The zero-order valence-electron chi connectivity index (χ0n) is 14.2. The Hall–Kier alpha value is -1.45. The lowest BCUT2D eigenvalue weighted by Gasteiger charge is -2.37. The number of ketones is 3.